The Hall–Kier alpha value is -1.29. The van der Waals surface area contributed by atoms with Crippen LogP contribution in [-0.2, 0) is 4.74 Å². The molecule has 0 aromatic carbocycles. The van der Waals surface area contributed by atoms with Crippen LogP contribution in [0.3, 0.4) is 0 Å². The minimum absolute atomic E-state index is 0.0518. The van der Waals surface area contributed by atoms with E-state index in [1.165, 1.54) is 6.92 Å². The van der Waals surface area contributed by atoms with Crippen molar-refractivity contribution in [2.45, 2.75) is 13.8 Å². The van der Waals surface area contributed by atoms with Gasteiger partial charge in [-0.1, -0.05) is 0 Å². The van der Waals surface area contributed by atoms with Crippen molar-refractivity contribution in [1.29, 1.82) is 0 Å². The number of hydrogen-bond acceptors (Lipinski definition) is 4. The predicted molar refractivity (Wildman–Crippen MR) is 58.5 cm³/mol. The maximum absolute atomic E-state index is 11.0. The SMILES string of the molecule is CCN(CCOC)c1ccc(C(C)=O)o1. The van der Waals surface area contributed by atoms with E-state index in [4.69, 9.17) is 9.15 Å². The number of anilines is 1. The van der Waals surface area contributed by atoms with Gasteiger partial charge in [0.25, 0.3) is 0 Å². The number of ether oxygens (including phenoxy) is 1. The van der Waals surface area contributed by atoms with Crippen LogP contribution in [0.5, 0.6) is 0 Å². The van der Waals surface area contributed by atoms with Crippen molar-refractivity contribution in [3.8, 4) is 0 Å². The number of Topliss-reactive ketones (excluding diaryl/α,β-unsaturated/α-hetero) is 1. The van der Waals surface area contributed by atoms with Crippen LogP contribution in [0.25, 0.3) is 0 Å². The van der Waals surface area contributed by atoms with Crippen molar-refractivity contribution in [2.75, 3.05) is 31.7 Å². The summed E-state index contributed by atoms with van der Waals surface area (Å²) in [5.74, 6) is 1.07. The number of nitrogens with zero attached hydrogens (tertiary/aromatic N) is 1. The lowest BCUT2D eigenvalue weighted by molar-refractivity contribution is 0.0987. The fraction of sp³-hybridized carbons (Fsp3) is 0.545. The van der Waals surface area contributed by atoms with Gasteiger partial charge in [-0.05, 0) is 13.0 Å². The van der Waals surface area contributed by atoms with Crippen molar-refractivity contribution in [3.05, 3.63) is 17.9 Å². The molecule has 0 amide bonds. The second kappa shape index (κ2) is 5.56. The van der Waals surface area contributed by atoms with Crippen LogP contribution in [0.2, 0.25) is 0 Å². The number of carbonyl (C=O) groups excluding carboxylic acids is 1. The van der Waals surface area contributed by atoms with Gasteiger partial charge in [-0.2, -0.15) is 0 Å². The summed E-state index contributed by atoms with van der Waals surface area (Å²) in [6, 6.07) is 3.52. The molecule has 1 aromatic rings. The fourth-order valence-corrected chi connectivity index (χ4v) is 1.31. The summed E-state index contributed by atoms with van der Waals surface area (Å²) >= 11 is 0. The van der Waals surface area contributed by atoms with E-state index in [-0.39, 0.29) is 5.78 Å². The molecule has 84 valence electrons. The Morgan fingerprint density at radius 1 is 1.53 bits per heavy atom. The Bertz CT molecular complexity index is 319. The summed E-state index contributed by atoms with van der Waals surface area (Å²) in [5.41, 5.74) is 0. The number of ketones is 1. The highest BCUT2D eigenvalue weighted by Crippen LogP contribution is 2.18. The minimum Gasteiger partial charge on any atom is -0.437 e. The highest BCUT2D eigenvalue weighted by Gasteiger charge is 2.11. The van der Waals surface area contributed by atoms with Gasteiger partial charge in [0.1, 0.15) is 0 Å². The molecular weight excluding hydrogens is 194 g/mol. The van der Waals surface area contributed by atoms with Crippen molar-refractivity contribution < 1.29 is 13.9 Å². The van der Waals surface area contributed by atoms with Crippen LogP contribution >= 0.6 is 0 Å². The molecule has 0 atom stereocenters. The maximum atomic E-state index is 11.0. The van der Waals surface area contributed by atoms with E-state index < -0.39 is 0 Å². The van der Waals surface area contributed by atoms with Crippen LogP contribution in [0.15, 0.2) is 16.5 Å². The molecule has 0 fully saturated rings. The lowest BCUT2D eigenvalue weighted by Gasteiger charge is -2.18. The molecule has 0 saturated carbocycles. The maximum Gasteiger partial charge on any atom is 0.196 e. The molecule has 0 radical (unpaired) electrons. The Morgan fingerprint density at radius 3 is 2.73 bits per heavy atom. The minimum atomic E-state index is -0.0518. The van der Waals surface area contributed by atoms with E-state index in [0.717, 1.165) is 19.0 Å². The van der Waals surface area contributed by atoms with Crippen LogP contribution < -0.4 is 4.90 Å². The number of carbonyl (C=O) groups is 1. The first-order valence-electron chi connectivity index (χ1n) is 5.03. The highest BCUT2D eigenvalue weighted by atomic mass is 16.5. The van der Waals surface area contributed by atoms with Gasteiger partial charge < -0.3 is 14.1 Å². The van der Waals surface area contributed by atoms with Crippen molar-refractivity contribution in [1.82, 2.24) is 0 Å². The lowest BCUT2D eigenvalue weighted by Crippen LogP contribution is -2.26. The molecule has 1 aromatic heterocycles. The summed E-state index contributed by atoms with van der Waals surface area (Å²) in [4.78, 5) is 13.1. The lowest BCUT2D eigenvalue weighted by atomic mass is 10.3. The zero-order valence-electron chi connectivity index (χ0n) is 9.45. The Labute approximate surface area is 89.8 Å². The van der Waals surface area contributed by atoms with Gasteiger partial charge in [0.15, 0.2) is 17.4 Å². The van der Waals surface area contributed by atoms with Gasteiger partial charge >= 0.3 is 0 Å². The number of hydrogen-bond donors (Lipinski definition) is 0. The summed E-state index contributed by atoms with van der Waals surface area (Å²) in [6.45, 7) is 5.76. The van der Waals surface area contributed by atoms with E-state index in [1.807, 2.05) is 17.9 Å². The Kier molecular flexibility index (Phi) is 4.37. The largest absolute Gasteiger partial charge is 0.437 e. The molecule has 0 saturated heterocycles. The second-order valence-corrected chi connectivity index (χ2v) is 3.27. The van der Waals surface area contributed by atoms with E-state index in [2.05, 4.69) is 0 Å². The van der Waals surface area contributed by atoms with Crippen molar-refractivity contribution in [2.24, 2.45) is 0 Å². The molecule has 1 rings (SSSR count). The quantitative estimate of drug-likeness (QED) is 0.674. The van der Waals surface area contributed by atoms with Gasteiger partial charge in [-0.15, -0.1) is 0 Å². The van der Waals surface area contributed by atoms with Crippen LogP contribution in [0, 0.1) is 0 Å². The van der Waals surface area contributed by atoms with Gasteiger partial charge in [0.05, 0.1) is 6.61 Å². The second-order valence-electron chi connectivity index (χ2n) is 3.27. The van der Waals surface area contributed by atoms with Crippen LogP contribution in [0.4, 0.5) is 5.88 Å². The topological polar surface area (TPSA) is 42.7 Å². The van der Waals surface area contributed by atoms with Gasteiger partial charge in [-0.25, -0.2) is 0 Å². The summed E-state index contributed by atoms with van der Waals surface area (Å²) < 4.78 is 10.4. The molecule has 15 heavy (non-hydrogen) atoms. The number of rotatable bonds is 6. The molecule has 0 aliphatic rings. The molecule has 4 heteroatoms. The Morgan fingerprint density at radius 2 is 2.27 bits per heavy atom. The first kappa shape index (κ1) is 11.8. The number of likely N-dealkylation sites (N-methyl/N-ethyl adjacent to an activating group) is 1. The average Bonchev–Trinajstić information content (AvgIpc) is 2.68. The normalized spacial score (nSPS) is 10.3. The standard InChI is InChI=1S/C11H17NO3/c1-4-12(7-8-14-3)11-6-5-10(15-11)9(2)13/h5-6H,4,7-8H2,1-3H3. The predicted octanol–water partition coefficient (Wildman–Crippen LogP) is 1.95. The molecule has 0 unspecified atom stereocenters. The van der Waals surface area contributed by atoms with Crippen molar-refractivity contribution in [3.63, 3.8) is 0 Å². The van der Waals surface area contributed by atoms with E-state index in [9.17, 15) is 4.79 Å². The number of furan rings is 1. The highest BCUT2D eigenvalue weighted by molar-refractivity contribution is 5.91. The molecular formula is C11H17NO3. The molecule has 1 heterocycles. The fourth-order valence-electron chi connectivity index (χ4n) is 1.31. The Balaban J connectivity index is 2.69. The van der Waals surface area contributed by atoms with Crippen LogP contribution in [-0.4, -0.2) is 32.6 Å². The van der Waals surface area contributed by atoms with E-state index in [1.54, 1.807) is 13.2 Å². The van der Waals surface area contributed by atoms with Gasteiger partial charge in [0, 0.05) is 33.2 Å². The third-order valence-corrected chi connectivity index (χ3v) is 2.20. The molecule has 0 N–H and O–H groups in total. The summed E-state index contributed by atoms with van der Waals surface area (Å²) in [7, 11) is 1.66. The molecule has 0 aliphatic carbocycles. The first-order chi connectivity index (χ1) is 7.19. The third-order valence-electron chi connectivity index (χ3n) is 2.20. The molecule has 0 spiro atoms. The molecule has 0 bridgehead atoms. The van der Waals surface area contributed by atoms with E-state index in [0.29, 0.717) is 12.4 Å². The van der Waals surface area contributed by atoms with Gasteiger partial charge in [-0.3, -0.25) is 4.79 Å². The summed E-state index contributed by atoms with van der Waals surface area (Å²) in [6.07, 6.45) is 0. The monoisotopic (exact) mass is 211 g/mol. The molecule has 4 nitrogen and oxygen atoms in total. The average molecular weight is 211 g/mol. The number of methoxy groups -OCH3 is 1. The zero-order valence-corrected chi connectivity index (χ0v) is 9.45. The van der Waals surface area contributed by atoms with Gasteiger partial charge in [0.2, 0.25) is 0 Å². The smallest absolute Gasteiger partial charge is 0.196 e. The first-order valence-corrected chi connectivity index (χ1v) is 5.03. The van der Waals surface area contributed by atoms with E-state index >= 15 is 0 Å². The third kappa shape index (κ3) is 3.09. The summed E-state index contributed by atoms with van der Waals surface area (Å²) in [5, 5.41) is 0. The molecule has 0 aliphatic heterocycles. The van der Waals surface area contributed by atoms with Crippen LogP contribution in [0.1, 0.15) is 24.4 Å². The zero-order chi connectivity index (χ0) is 11.3. The van der Waals surface area contributed by atoms with Crippen molar-refractivity contribution >= 4 is 11.7 Å².